The van der Waals surface area contributed by atoms with Crippen molar-refractivity contribution in [3.63, 3.8) is 0 Å². The largest absolute Gasteiger partial charge is 0.480 e. The van der Waals surface area contributed by atoms with Crippen molar-refractivity contribution in [3.8, 4) is 11.5 Å². The van der Waals surface area contributed by atoms with E-state index >= 15 is 0 Å². The summed E-state index contributed by atoms with van der Waals surface area (Å²) in [5.41, 5.74) is 1.67. The van der Waals surface area contributed by atoms with Crippen molar-refractivity contribution in [3.05, 3.63) is 42.3 Å². The maximum absolute atomic E-state index is 10.7. The van der Waals surface area contributed by atoms with Gasteiger partial charge in [0.25, 0.3) is 0 Å². The third-order valence-corrected chi connectivity index (χ3v) is 3.57. The Morgan fingerprint density at radius 1 is 1.44 bits per heavy atom. The predicted molar refractivity (Wildman–Crippen MR) is 70.3 cm³/mol. The molecule has 94 valence electrons. The van der Waals surface area contributed by atoms with Gasteiger partial charge in [0.15, 0.2) is 0 Å². The minimum atomic E-state index is -0.813. The van der Waals surface area contributed by atoms with E-state index in [1.54, 1.807) is 13.2 Å². The molecule has 0 saturated carbocycles. The van der Waals surface area contributed by atoms with E-state index in [2.05, 4.69) is 4.98 Å². The highest BCUT2D eigenvalue weighted by atomic mass is 32.2. The van der Waals surface area contributed by atoms with E-state index in [0.29, 0.717) is 11.6 Å². The Morgan fingerprint density at radius 3 is 2.83 bits per heavy atom. The Balaban J connectivity index is 2.01. The van der Waals surface area contributed by atoms with Crippen LogP contribution in [0, 0.1) is 0 Å². The van der Waals surface area contributed by atoms with Gasteiger partial charge in [-0.1, -0.05) is 18.2 Å². The first-order chi connectivity index (χ1) is 8.66. The first-order valence-electron chi connectivity index (χ1n) is 5.51. The van der Waals surface area contributed by atoms with E-state index in [1.165, 1.54) is 11.8 Å². The number of hydrogen-bond donors (Lipinski definition) is 1. The van der Waals surface area contributed by atoms with Crippen LogP contribution in [0.1, 0.15) is 12.6 Å². The van der Waals surface area contributed by atoms with E-state index in [-0.39, 0.29) is 0 Å². The summed E-state index contributed by atoms with van der Waals surface area (Å²) in [6.45, 7) is 1.66. The number of carbonyl (C=O) groups is 1. The van der Waals surface area contributed by atoms with Crippen molar-refractivity contribution in [1.82, 2.24) is 4.98 Å². The van der Waals surface area contributed by atoms with E-state index in [1.807, 2.05) is 30.3 Å². The summed E-state index contributed by atoms with van der Waals surface area (Å²) in [4.78, 5) is 15.0. The van der Waals surface area contributed by atoms with Crippen LogP contribution >= 0.6 is 11.8 Å². The molecule has 5 heteroatoms. The molecule has 0 spiro atoms. The molecule has 18 heavy (non-hydrogen) atoms. The first-order valence-corrected chi connectivity index (χ1v) is 6.56. The SMILES string of the molecule is CC(SCc1coc(-c2ccccc2)n1)C(=O)O. The Kier molecular flexibility index (Phi) is 4.04. The van der Waals surface area contributed by atoms with Gasteiger partial charge in [0.2, 0.25) is 5.89 Å². The third kappa shape index (κ3) is 3.13. The molecule has 1 aromatic carbocycles. The molecule has 1 N–H and O–H groups in total. The summed E-state index contributed by atoms with van der Waals surface area (Å²) >= 11 is 1.32. The van der Waals surface area contributed by atoms with Crippen LogP contribution in [0.5, 0.6) is 0 Å². The van der Waals surface area contributed by atoms with Crippen LogP contribution in [0.15, 0.2) is 41.0 Å². The van der Waals surface area contributed by atoms with Crippen LogP contribution < -0.4 is 0 Å². The van der Waals surface area contributed by atoms with Gasteiger partial charge in [0.1, 0.15) is 6.26 Å². The molecule has 2 aromatic rings. The number of nitrogens with zero attached hydrogens (tertiary/aromatic N) is 1. The molecule has 0 aliphatic rings. The second-order valence-corrected chi connectivity index (χ2v) is 5.13. The smallest absolute Gasteiger partial charge is 0.316 e. The van der Waals surface area contributed by atoms with E-state index in [4.69, 9.17) is 9.52 Å². The van der Waals surface area contributed by atoms with Gasteiger partial charge in [0.05, 0.1) is 10.9 Å². The maximum Gasteiger partial charge on any atom is 0.316 e. The molecule has 2 rings (SSSR count). The Morgan fingerprint density at radius 2 is 2.17 bits per heavy atom. The highest BCUT2D eigenvalue weighted by molar-refractivity contribution is 7.99. The van der Waals surface area contributed by atoms with E-state index in [9.17, 15) is 4.79 Å². The summed E-state index contributed by atoms with van der Waals surface area (Å²) < 4.78 is 5.37. The average Bonchev–Trinajstić information content (AvgIpc) is 2.85. The molecule has 0 bridgehead atoms. The standard InChI is InChI=1S/C13H13NO3S/c1-9(13(15)16)18-8-11-7-17-12(14-11)10-5-3-2-4-6-10/h2-7,9H,8H2,1H3,(H,15,16). The van der Waals surface area contributed by atoms with Gasteiger partial charge in [-0.15, -0.1) is 11.8 Å². The number of oxazole rings is 1. The van der Waals surface area contributed by atoms with E-state index < -0.39 is 11.2 Å². The number of rotatable bonds is 5. The number of carboxylic acid groups (broad SMARTS) is 1. The number of benzene rings is 1. The second kappa shape index (κ2) is 5.73. The van der Waals surface area contributed by atoms with Gasteiger partial charge in [-0.25, -0.2) is 4.98 Å². The molecule has 0 amide bonds. The van der Waals surface area contributed by atoms with Crippen LogP contribution in [0.3, 0.4) is 0 Å². The molecule has 0 radical (unpaired) electrons. The van der Waals surface area contributed by atoms with Gasteiger partial charge in [-0.3, -0.25) is 4.79 Å². The number of thioether (sulfide) groups is 1. The van der Waals surface area contributed by atoms with Crippen LogP contribution in [0.2, 0.25) is 0 Å². The summed E-state index contributed by atoms with van der Waals surface area (Å²) in [6, 6.07) is 9.60. The minimum Gasteiger partial charge on any atom is -0.480 e. The molecule has 1 aromatic heterocycles. The van der Waals surface area contributed by atoms with Crippen molar-refractivity contribution < 1.29 is 14.3 Å². The quantitative estimate of drug-likeness (QED) is 0.898. The van der Waals surface area contributed by atoms with Crippen molar-refractivity contribution in [2.45, 2.75) is 17.9 Å². The average molecular weight is 263 g/mol. The minimum absolute atomic E-state index is 0.443. The molecule has 0 aliphatic carbocycles. The van der Waals surface area contributed by atoms with Gasteiger partial charge >= 0.3 is 5.97 Å². The highest BCUT2D eigenvalue weighted by Gasteiger charge is 2.13. The van der Waals surface area contributed by atoms with Crippen molar-refractivity contribution >= 4 is 17.7 Å². The number of aliphatic carboxylic acids is 1. The zero-order valence-electron chi connectivity index (χ0n) is 9.87. The van der Waals surface area contributed by atoms with Crippen LogP contribution in [0.4, 0.5) is 0 Å². The number of aromatic nitrogens is 1. The molecule has 0 aliphatic heterocycles. The van der Waals surface area contributed by atoms with Gasteiger partial charge < -0.3 is 9.52 Å². The lowest BCUT2D eigenvalue weighted by molar-refractivity contribution is -0.136. The number of carboxylic acids is 1. The molecule has 1 unspecified atom stereocenters. The van der Waals surface area contributed by atoms with Gasteiger partial charge in [-0.2, -0.15) is 0 Å². The Hall–Kier alpha value is -1.75. The van der Waals surface area contributed by atoms with Gasteiger partial charge in [-0.05, 0) is 19.1 Å². The Labute approximate surface area is 109 Å². The Bertz CT molecular complexity index is 524. The predicted octanol–water partition coefficient (Wildman–Crippen LogP) is 3.05. The molecular weight excluding hydrogens is 250 g/mol. The van der Waals surface area contributed by atoms with Crippen LogP contribution in [-0.4, -0.2) is 21.3 Å². The summed E-state index contributed by atoms with van der Waals surface area (Å²) in [5, 5.41) is 8.34. The molecule has 1 atom stereocenters. The molecule has 0 fully saturated rings. The summed E-state index contributed by atoms with van der Waals surface area (Å²) in [7, 11) is 0. The lowest BCUT2D eigenvalue weighted by atomic mass is 10.2. The number of hydrogen-bond acceptors (Lipinski definition) is 4. The lowest BCUT2D eigenvalue weighted by Crippen LogP contribution is -2.11. The van der Waals surface area contributed by atoms with Crippen LogP contribution in [-0.2, 0) is 10.5 Å². The fourth-order valence-electron chi connectivity index (χ4n) is 1.37. The molecule has 0 saturated heterocycles. The zero-order valence-corrected chi connectivity index (χ0v) is 10.7. The van der Waals surface area contributed by atoms with E-state index in [0.717, 1.165) is 11.3 Å². The summed E-state index contributed by atoms with van der Waals surface area (Å²) in [5.74, 6) is 0.282. The first kappa shape index (κ1) is 12.7. The fourth-order valence-corrected chi connectivity index (χ4v) is 2.06. The molecule has 4 nitrogen and oxygen atoms in total. The van der Waals surface area contributed by atoms with Gasteiger partial charge in [0, 0.05) is 11.3 Å². The topological polar surface area (TPSA) is 63.3 Å². The van der Waals surface area contributed by atoms with Crippen LogP contribution in [0.25, 0.3) is 11.5 Å². The fraction of sp³-hybridized carbons (Fsp3) is 0.231. The normalized spacial score (nSPS) is 12.3. The second-order valence-electron chi connectivity index (χ2n) is 3.80. The highest BCUT2D eigenvalue weighted by Crippen LogP contribution is 2.22. The monoisotopic (exact) mass is 263 g/mol. The summed E-state index contributed by atoms with van der Waals surface area (Å²) in [6.07, 6.45) is 1.57. The molecule has 1 heterocycles. The van der Waals surface area contributed by atoms with Crippen molar-refractivity contribution in [2.24, 2.45) is 0 Å². The maximum atomic E-state index is 10.7. The van der Waals surface area contributed by atoms with Crippen molar-refractivity contribution in [2.75, 3.05) is 0 Å². The zero-order chi connectivity index (χ0) is 13.0. The van der Waals surface area contributed by atoms with Crippen molar-refractivity contribution in [1.29, 1.82) is 0 Å². The third-order valence-electron chi connectivity index (χ3n) is 2.40. The lowest BCUT2D eigenvalue weighted by Gasteiger charge is -2.02. The molecular formula is C13H13NO3S.